The predicted octanol–water partition coefficient (Wildman–Crippen LogP) is 2.59. The number of nitrogens with one attached hydrogen (secondary N) is 1. The lowest BCUT2D eigenvalue weighted by atomic mass is 10.2. The Balaban J connectivity index is 3.23. The summed E-state index contributed by atoms with van der Waals surface area (Å²) in [6.45, 7) is 6.47. The first-order chi connectivity index (χ1) is 6.95. The highest BCUT2D eigenvalue weighted by molar-refractivity contribution is 4.55. The average Bonchev–Trinajstić information content (AvgIpc) is 2.12. The molecule has 0 aromatic heterocycles. The zero-order chi connectivity index (χ0) is 11.7. The fourth-order valence-electron chi connectivity index (χ4n) is 1.11. The average molecular weight is 227 g/mol. The number of ether oxygens (including phenoxy) is 1. The van der Waals surface area contributed by atoms with E-state index in [1.807, 2.05) is 13.8 Å². The van der Waals surface area contributed by atoms with Crippen molar-refractivity contribution in [1.82, 2.24) is 5.32 Å². The van der Waals surface area contributed by atoms with Crippen LogP contribution in [0.5, 0.6) is 0 Å². The van der Waals surface area contributed by atoms with E-state index in [0.717, 1.165) is 13.1 Å². The van der Waals surface area contributed by atoms with Gasteiger partial charge in [0.1, 0.15) is 0 Å². The Hall–Kier alpha value is -0.290. The Morgan fingerprint density at radius 3 is 2.53 bits per heavy atom. The van der Waals surface area contributed by atoms with Gasteiger partial charge in [-0.2, -0.15) is 13.2 Å². The lowest BCUT2D eigenvalue weighted by Gasteiger charge is -2.12. The molecule has 0 radical (unpaired) electrons. The van der Waals surface area contributed by atoms with Crippen LogP contribution in [-0.2, 0) is 4.74 Å². The minimum absolute atomic E-state index is 0.0530. The van der Waals surface area contributed by atoms with E-state index in [0.29, 0.717) is 12.5 Å². The van der Waals surface area contributed by atoms with Crippen molar-refractivity contribution in [2.45, 2.75) is 32.9 Å². The molecular formula is C10H20F3NO. The van der Waals surface area contributed by atoms with Gasteiger partial charge >= 0.3 is 6.18 Å². The van der Waals surface area contributed by atoms with Crippen molar-refractivity contribution in [3.8, 4) is 0 Å². The van der Waals surface area contributed by atoms with Crippen molar-refractivity contribution in [2.24, 2.45) is 5.92 Å². The van der Waals surface area contributed by atoms with Gasteiger partial charge in [-0.25, -0.2) is 0 Å². The molecule has 0 aromatic carbocycles. The zero-order valence-electron chi connectivity index (χ0n) is 9.36. The number of halogens is 3. The highest BCUT2D eigenvalue weighted by Crippen LogP contribution is 2.20. The molecule has 1 N–H and O–H groups in total. The molecule has 0 saturated heterocycles. The van der Waals surface area contributed by atoms with Gasteiger partial charge in [-0.05, 0) is 25.4 Å². The third-order valence-corrected chi connectivity index (χ3v) is 1.89. The summed E-state index contributed by atoms with van der Waals surface area (Å²) < 4.78 is 40.4. The van der Waals surface area contributed by atoms with Gasteiger partial charge < -0.3 is 10.1 Å². The van der Waals surface area contributed by atoms with Gasteiger partial charge in [-0.3, -0.25) is 0 Å². The van der Waals surface area contributed by atoms with Crippen molar-refractivity contribution in [1.29, 1.82) is 0 Å². The van der Waals surface area contributed by atoms with Gasteiger partial charge in [-0.15, -0.1) is 0 Å². The first kappa shape index (κ1) is 14.7. The molecule has 1 unspecified atom stereocenters. The Morgan fingerprint density at radius 2 is 2.00 bits per heavy atom. The summed E-state index contributed by atoms with van der Waals surface area (Å²) in [7, 11) is 0. The zero-order valence-corrected chi connectivity index (χ0v) is 9.36. The number of alkyl halides is 3. The van der Waals surface area contributed by atoms with E-state index in [1.54, 1.807) is 0 Å². The summed E-state index contributed by atoms with van der Waals surface area (Å²) in [5, 5.41) is 3.15. The van der Waals surface area contributed by atoms with E-state index < -0.39 is 12.6 Å². The molecule has 0 aliphatic carbocycles. The van der Waals surface area contributed by atoms with E-state index in [9.17, 15) is 13.2 Å². The SMILES string of the molecule is CCNCC(C)COCCCC(F)(F)F. The second kappa shape index (κ2) is 7.93. The van der Waals surface area contributed by atoms with Crippen LogP contribution >= 0.6 is 0 Å². The Kier molecular flexibility index (Phi) is 7.78. The minimum Gasteiger partial charge on any atom is -0.381 e. The third-order valence-electron chi connectivity index (χ3n) is 1.89. The molecule has 2 nitrogen and oxygen atoms in total. The fraction of sp³-hybridized carbons (Fsp3) is 1.00. The molecule has 0 aliphatic heterocycles. The number of hydrogen-bond acceptors (Lipinski definition) is 2. The fourth-order valence-corrected chi connectivity index (χ4v) is 1.11. The van der Waals surface area contributed by atoms with E-state index in [-0.39, 0.29) is 13.0 Å². The number of hydrogen-bond donors (Lipinski definition) is 1. The summed E-state index contributed by atoms with van der Waals surface area (Å²) in [6, 6.07) is 0. The van der Waals surface area contributed by atoms with Gasteiger partial charge in [0.05, 0.1) is 6.61 Å². The third kappa shape index (κ3) is 11.6. The van der Waals surface area contributed by atoms with E-state index in [4.69, 9.17) is 4.74 Å². The van der Waals surface area contributed by atoms with Crippen LogP contribution in [0.4, 0.5) is 13.2 Å². The van der Waals surface area contributed by atoms with E-state index >= 15 is 0 Å². The van der Waals surface area contributed by atoms with Crippen molar-refractivity contribution >= 4 is 0 Å². The quantitative estimate of drug-likeness (QED) is 0.643. The van der Waals surface area contributed by atoms with Crippen LogP contribution in [0.1, 0.15) is 26.7 Å². The van der Waals surface area contributed by atoms with Crippen LogP contribution < -0.4 is 5.32 Å². The lowest BCUT2D eigenvalue weighted by molar-refractivity contribution is -0.138. The summed E-state index contributed by atoms with van der Waals surface area (Å²) in [6.07, 6.45) is -4.76. The molecule has 0 heterocycles. The smallest absolute Gasteiger partial charge is 0.381 e. The van der Waals surface area contributed by atoms with Crippen LogP contribution in [0.25, 0.3) is 0 Å². The van der Waals surface area contributed by atoms with Gasteiger partial charge in [0.2, 0.25) is 0 Å². The molecule has 0 aromatic rings. The molecular weight excluding hydrogens is 207 g/mol. The van der Waals surface area contributed by atoms with Crippen molar-refractivity contribution in [3.63, 3.8) is 0 Å². The molecule has 92 valence electrons. The molecule has 0 spiro atoms. The largest absolute Gasteiger partial charge is 0.389 e. The normalized spacial score (nSPS) is 14.2. The van der Waals surface area contributed by atoms with Crippen LogP contribution in [0.3, 0.4) is 0 Å². The minimum atomic E-state index is -4.06. The Morgan fingerprint density at radius 1 is 1.33 bits per heavy atom. The maximum Gasteiger partial charge on any atom is 0.389 e. The van der Waals surface area contributed by atoms with Crippen LogP contribution in [0.2, 0.25) is 0 Å². The molecule has 0 aliphatic rings. The van der Waals surface area contributed by atoms with Gasteiger partial charge in [0.15, 0.2) is 0 Å². The van der Waals surface area contributed by atoms with Crippen molar-refractivity contribution < 1.29 is 17.9 Å². The highest BCUT2D eigenvalue weighted by atomic mass is 19.4. The second-order valence-corrected chi connectivity index (χ2v) is 3.71. The molecule has 15 heavy (non-hydrogen) atoms. The van der Waals surface area contributed by atoms with Gasteiger partial charge in [0.25, 0.3) is 0 Å². The van der Waals surface area contributed by atoms with Crippen molar-refractivity contribution in [3.05, 3.63) is 0 Å². The van der Waals surface area contributed by atoms with Gasteiger partial charge in [0, 0.05) is 13.0 Å². The summed E-state index contributed by atoms with van der Waals surface area (Å²) in [5.41, 5.74) is 0. The van der Waals surface area contributed by atoms with Crippen LogP contribution in [-0.4, -0.2) is 32.5 Å². The maximum atomic E-state index is 11.7. The molecule has 0 fully saturated rings. The van der Waals surface area contributed by atoms with Gasteiger partial charge in [-0.1, -0.05) is 13.8 Å². The second-order valence-electron chi connectivity index (χ2n) is 3.71. The first-order valence-corrected chi connectivity index (χ1v) is 5.31. The molecule has 0 rings (SSSR count). The lowest BCUT2D eigenvalue weighted by Crippen LogP contribution is -2.24. The highest BCUT2D eigenvalue weighted by Gasteiger charge is 2.25. The van der Waals surface area contributed by atoms with Crippen LogP contribution in [0.15, 0.2) is 0 Å². The Bertz CT molecular complexity index is 150. The molecule has 1 atom stereocenters. The summed E-state index contributed by atoms with van der Waals surface area (Å²) in [5.74, 6) is 0.343. The Labute approximate surface area is 89.2 Å². The predicted molar refractivity (Wildman–Crippen MR) is 53.8 cm³/mol. The molecule has 0 saturated carbocycles. The number of rotatable bonds is 8. The molecule has 0 bridgehead atoms. The molecule has 5 heteroatoms. The standard InChI is InChI=1S/C10H20F3NO/c1-3-14-7-9(2)8-15-6-4-5-10(11,12)13/h9,14H,3-8H2,1-2H3. The van der Waals surface area contributed by atoms with E-state index in [2.05, 4.69) is 5.32 Å². The topological polar surface area (TPSA) is 21.3 Å². The maximum absolute atomic E-state index is 11.7. The first-order valence-electron chi connectivity index (χ1n) is 5.31. The van der Waals surface area contributed by atoms with Crippen LogP contribution in [0, 0.1) is 5.92 Å². The molecule has 0 amide bonds. The summed E-state index contributed by atoms with van der Waals surface area (Å²) in [4.78, 5) is 0. The monoisotopic (exact) mass is 227 g/mol. The van der Waals surface area contributed by atoms with Crippen molar-refractivity contribution in [2.75, 3.05) is 26.3 Å². The van der Waals surface area contributed by atoms with E-state index in [1.165, 1.54) is 0 Å². The summed E-state index contributed by atoms with van der Waals surface area (Å²) >= 11 is 0.